The second-order valence-corrected chi connectivity index (χ2v) is 11.5. The molecule has 3 nitrogen and oxygen atoms in total. The molecular weight excluding hydrogens is 483 g/mol. The van der Waals surface area contributed by atoms with Crippen LogP contribution >= 0.6 is 46.7 Å². The summed E-state index contributed by atoms with van der Waals surface area (Å²) in [7, 11) is 0. The predicted octanol–water partition coefficient (Wildman–Crippen LogP) is 8.43. The summed E-state index contributed by atoms with van der Waals surface area (Å²) in [6, 6.07) is 4.04. The van der Waals surface area contributed by atoms with Gasteiger partial charge in [-0.3, -0.25) is 0 Å². The SMILES string of the molecule is CCCSC(COCCCCCOc1c(C)cc(OCC=C(Cl)Cl)cc1CC)SCCC. The number of unbranched alkanes of at least 4 members (excludes halogenated alkanes) is 2. The van der Waals surface area contributed by atoms with Gasteiger partial charge in [0.2, 0.25) is 0 Å². The van der Waals surface area contributed by atoms with Gasteiger partial charge in [0, 0.05) is 6.61 Å². The number of thioether (sulfide) groups is 2. The van der Waals surface area contributed by atoms with E-state index >= 15 is 0 Å². The molecule has 32 heavy (non-hydrogen) atoms. The summed E-state index contributed by atoms with van der Waals surface area (Å²) < 4.78 is 18.6. The fourth-order valence-electron chi connectivity index (χ4n) is 3.04. The number of halogens is 2. The zero-order chi connectivity index (χ0) is 23.6. The Bertz CT molecular complexity index is 644. The van der Waals surface area contributed by atoms with Gasteiger partial charge in [-0.1, -0.05) is 44.0 Å². The fraction of sp³-hybridized carbons (Fsp3) is 0.680. The molecule has 0 aliphatic carbocycles. The fourth-order valence-corrected chi connectivity index (χ4v) is 5.51. The molecule has 0 saturated heterocycles. The highest BCUT2D eigenvalue weighted by molar-refractivity contribution is 8.17. The molecule has 0 saturated carbocycles. The standard InChI is InChI=1S/C25H40Cl2O3S2/c1-5-15-31-24(32-16-6-2)19-28-12-9-8-10-13-30-25-20(4)17-22(18-21(25)7-3)29-14-11-23(26)27/h11,17-18,24H,5-10,12-16,19H2,1-4H3. The summed E-state index contributed by atoms with van der Waals surface area (Å²) in [6.45, 7) is 11.4. The first-order valence-corrected chi connectivity index (χ1v) is 14.6. The van der Waals surface area contributed by atoms with Crippen LogP contribution in [0.5, 0.6) is 11.5 Å². The Morgan fingerprint density at radius 1 is 0.969 bits per heavy atom. The van der Waals surface area contributed by atoms with Gasteiger partial charge in [-0.25, -0.2) is 0 Å². The highest BCUT2D eigenvalue weighted by Crippen LogP contribution is 2.30. The van der Waals surface area contributed by atoms with Crippen molar-refractivity contribution in [2.75, 3.05) is 37.9 Å². The molecule has 184 valence electrons. The first-order valence-electron chi connectivity index (χ1n) is 11.7. The quantitative estimate of drug-likeness (QED) is 0.134. The van der Waals surface area contributed by atoms with E-state index in [1.165, 1.54) is 24.3 Å². The van der Waals surface area contributed by atoms with E-state index in [0.29, 0.717) is 11.2 Å². The Hall–Kier alpha value is -0.200. The molecule has 0 spiro atoms. The van der Waals surface area contributed by atoms with Crippen molar-refractivity contribution in [3.05, 3.63) is 33.8 Å². The summed E-state index contributed by atoms with van der Waals surface area (Å²) in [6.07, 6.45) is 8.19. The molecule has 0 aliphatic heterocycles. The first kappa shape index (κ1) is 29.8. The van der Waals surface area contributed by atoms with Gasteiger partial charge in [-0.2, -0.15) is 0 Å². The van der Waals surface area contributed by atoms with Gasteiger partial charge in [0.05, 0.1) is 17.8 Å². The highest BCUT2D eigenvalue weighted by atomic mass is 35.5. The number of ether oxygens (including phenoxy) is 3. The molecule has 0 bridgehead atoms. The van der Waals surface area contributed by atoms with Crippen LogP contribution in [0.4, 0.5) is 0 Å². The van der Waals surface area contributed by atoms with Crippen molar-refractivity contribution >= 4 is 46.7 Å². The van der Waals surface area contributed by atoms with Gasteiger partial charge >= 0.3 is 0 Å². The first-order chi connectivity index (χ1) is 15.5. The van der Waals surface area contributed by atoms with Crippen LogP contribution in [0, 0.1) is 6.92 Å². The van der Waals surface area contributed by atoms with E-state index in [0.717, 1.165) is 68.1 Å². The molecule has 0 N–H and O–H groups in total. The van der Waals surface area contributed by atoms with Gasteiger partial charge < -0.3 is 14.2 Å². The summed E-state index contributed by atoms with van der Waals surface area (Å²) in [5.74, 6) is 4.22. The second kappa shape index (κ2) is 19.1. The molecule has 0 aliphatic rings. The molecule has 1 aromatic carbocycles. The highest BCUT2D eigenvalue weighted by Gasteiger charge is 2.10. The number of rotatable bonds is 19. The normalized spacial score (nSPS) is 11.1. The smallest absolute Gasteiger partial charge is 0.125 e. The molecular formula is C25H40Cl2O3S2. The van der Waals surface area contributed by atoms with Crippen LogP contribution in [0.2, 0.25) is 0 Å². The molecule has 1 rings (SSSR count). The molecule has 0 fully saturated rings. The van der Waals surface area contributed by atoms with Crippen LogP contribution in [0.15, 0.2) is 22.7 Å². The van der Waals surface area contributed by atoms with Gasteiger partial charge in [-0.05, 0) is 86.3 Å². The van der Waals surface area contributed by atoms with E-state index in [1.54, 1.807) is 6.08 Å². The Morgan fingerprint density at radius 3 is 2.28 bits per heavy atom. The number of hydrogen-bond acceptors (Lipinski definition) is 5. The molecule has 7 heteroatoms. The van der Waals surface area contributed by atoms with Crippen LogP contribution in [0.3, 0.4) is 0 Å². The maximum Gasteiger partial charge on any atom is 0.125 e. The van der Waals surface area contributed by atoms with Gasteiger partial charge in [0.1, 0.15) is 22.6 Å². The predicted molar refractivity (Wildman–Crippen MR) is 145 cm³/mol. The van der Waals surface area contributed by atoms with Crippen molar-refractivity contribution in [3.8, 4) is 11.5 Å². The lowest BCUT2D eigenvalue weighted by Crippen LogP contribution is -2.11. The zero-order valence-corrected chi connectivity index (χ0v) is 23.2. The van der Waals surface area contributed by atoms with E-state index < -0.39 is 0 Å². The largest absolute Gasteiger partial charge is 0.493 e. The van der Waals surface area contributed by atoms with E-state index in [4.69, 9.17) is 37.4 Å². The third-order valence-electron chi connectivity index (χ3n) is 4.64. The van der Waals surface area contributed by atoms with Crippen LogP contribution in [0.25, 0.3) is 0 Å². The summed E-state index contributed by atoms with van der Waals surface area (Å²) >= 11 is 15.3. The van der Waals surface area contributed by atoms with Crippen LogP contribution in [0.1, 0.15) is 64.0 Å². The lowest BCUT2D eigenvalue weighted by atomic mass is 10.1. The molecule has 0 atom stereocenters. The minimum absolute atomic E-state index is 0.216. The van der Waals surface area contributed by atoms with E-state index in [1.807, 2.05) is 35.7 Å². The third-order valence-corrected chi connectivity index (χ3v) is 8.07. The van der Waals surface area contributed by atoms with Crippen molar-refractivity contribution in [2.45, 2.75) is 70.8 Å². The number of benzene rings is 1. The second-order valence-electron chi connectivity index (χ2n) is 7.54. The maximum absolute atomic E-state index is 6.13. The number of aryl methyl sites for hydroxylation is 2. The van der Waals surface area contributed by atoms with Gasteiger partial charge in [0.15, 0.2) is 0 Å². The average Bonchev–Trinajstić information content (AvgIpc) is 2.77. The molecule has 0 heterocycles. The Labute approximate surface area is 214 Å². The molecule has 0 radical (unpaired) electrons. The van der Waals surface area contributed by atoms with Gasteiger partial charge in [-0.15, -0.1) is 23.5 Å². The monoisotopic (exact) mass is 522 g/mol. The molecule has 0 amide bonds. The van der Waals surface area contributed by atoms with Crippen LogP contribution in [-0.4, -0.2) is 42.5 Å². The summed E-state index contributed by atoms with van der Waals surface area (Å²) in [4.78, 5) is 0. The van der Waals surface area contributed by atoms with Crippen molar-refractivity contribution < 1.29 is 14.2 Å². The van der Waals surface area contributed by atoms with Crippen molar-refractivity contribution in [1.82, 2.24) is 0 Å². The van der Waals surface area contributed by atoms with E-state index in [-0.39, 0.29) is 4.49 Å². The minimum Gasteiger partial charge on any atom is -0.493 e. The van der Waals surface area contributed by atoms with Gasteiger partial charge in [0.25, 0.3) is 0 Å². The molecule has 0 unspecified atom stereocenters. The summed E-state index contributed by atoms with van der Waals surface area (Å²) in [5.41, 5.74) is 2.24. The topological polar surface area (TPSA) is 27.7 Å². The lowest BCUT2D eigenvalue weighted by Gasteiger charge is -2.16. The molecule has 1 aromatic rings. The Morgan fingerprint density at radius 2 is 1.66 bits per heavy atom. The molecule has 0 aromatic heterocycles. The van der Waals surface area contributed by atoms with Crippen LogP contribution < -0.4 is 9.47 Å². The lowest BCUT2D eigenvalue weighted by molar-refractivity contribution is 0.140. The van der Waals surface area contributed by atoms with Crippen molar-refractivity contribution in [2.24, 2.45) is 0 Å². The van der Waals surface area contributed by atoms with E-state index in [2.05, 4.69) is 27.7 Å². The van der Waals surface area contributed by atoms with Crippen molar-refractivity contribution in [3.63, 3.8) is 0 Å². The Balaban J connectivity index is 2.31. The maximum atomic E-state index is 6.13. The zero-order valence-electron chi connectivity index (χ0n) is 20.1. The van der Waals surface area contributed by atoms with E-state index in [9.17, 15) is 0 Å². The summed E-state index contributed by atoms with van der Waals surface area (Å²) in [5, 5.41) is 0. The van der Waals surface area contributed by atoms with Crippen molar-refractivity contribution in [1.29, 1.82) is 0 Å². The number of hydrogen-bond donors (Lipinski definition) is 0. The van der Waals surface area contributed by atoms with Crippen LogP contribution in [-0.2, 0) is 11.2 Å². The third kappa shape index (κ3) is 13.5. The minimum atomic E-state index is 0.216. The average molecular weight is 524 g/mol. The Kier molecular flexibility index (Phi) is 17.8.